The molecule has 0 spiro atoms. The molecule has 0 aliphatic carbocycles. The molecule has 1 saturated heterocycles. The third-order valence-electron chi connectivity index (χ3n) is 5.92. The lowest BCUT2D eigenvalue weighted by Gasteiger charge is -2.19. The number of nitrogens with one attached hydrogen (secondary N) is 1. The van der Waals surface area contributed by atoms with Crippen LogP contribution in [-0.4, -0.2) is 50.0 Å². The number of anilines is 2. The van der Waals surface area contributed by atoms with E-state index in [0.717, 1.165) is 23.5 Å². The van der Waals surface area contributed by atoms with E-state index in [1.807, 2.05) is 0 Å². The first-order valence-electron chi connectivity index (χ1n) is 11.5. The fraction of sp³-hybridized carbons (Fsp3) is 0.320. The fourth-order valence-corrected chi connectivity index (χ4v) is 6.50. The minimum Gasteiger partial charge on any atom is -0.386 e. The summed E-state index contributed by atoms with van der Waals surface area (Å²) in [5.41, 5.74) is 4.25. The maximum absolute atomic E-state index is 14.9. The number of carbonyl (C=O) groups is 1. The number of sulfonamides is 1. The number of thiophene rings is 1. The standard InChI is InChI=1S/C25H27F2N3O5S2/c1-25(2,32)15-12-19(26)22(20(27)13-15)21-14-18(23(28)31)24(36-21)29-16-4-6-17(7-5-16)37(33,34)30-8-3-10-35-11-9-30/h4-7,12-14,29,32H,3,8-11H2,1-2H3,(H2,28,31). The zero-order valence-corrected chi connectivity index (χ0v) is 21.9. The summed E-state index contributed by atoms with van der Waals surface area (Å²) >= 11 is 0.917. The number of nitrogens with two attached hydrogens (primary N) is 1. The Morgan fingerprint density at radius 1 is 1.11 bits per heavy atom. The average Bonchev–Trinajstić information content (AvgIpc) is 3.02. The van der Waals surface area contributed by atoms with Crippen molar-refractivity contribution < 1.29 is 31.8 Å². The van der Waals surface area contributed by atoms with Crippen molar-refractivity contribution in [1.82, 2.24) is 4.31 Å². The first kappa shape index (κ1) is 27.1. The Labute approximate surface area is 217 Å². The van der Waals surface area contributed by atoms with E-state index in [2.05, 4.69) is 5.32 Å². The molecule has 0 saturated carbocycles. The van der Waals surface area contributed by atoms with Gasteiger partial charge in [0.2, 0.25) is 10.0 Å². The number of benzene rings is 2. The molecule has 0 bridgehead atoms. The van der Waals surface area contributed by atoms with Gasteiger partial charge in [-0.2, -0.15) is 4.31 Å². The van der Waals surface area contributed by atoms with Crippen molar-refractivity contribution in [3.63, 3.8) is 0 Å². The van der Waals surface area contributed by atoms with Crippen LogP contribution in [0.15, 0.2) is 47.4 Å². The van der Waals surface area contributed by atoms with E-state index in [1.165, 1.54) is 48.5 Å². The number of nitrogens with zero attached hydrogens (tertiary/aromatic N) is 1. The van der Waals surface area contributed by atoms with Crippen LogP contribution in [0.1, 0.15) is 36.2 Å². The number of ether oxygens (including phenoxy) is 1. The zero-order valence-electron chi connectivity index (χ0n) is 20.3. The molecule has 37 heavy (non-hydrogen) atoms. The lowest BCUT2D eigenvalue weighted by molar-refractivity contribution is 0.0778. The highest BCUT2D eigenvalue weighted by Gasteiger charge is 2.26. The summed E-state index contributed by atoms with van der Waals surface area (Å²) in [6, 6.07) is 9.33. The third-order valence-corrected chi connectivity index (χ3v) is 8.90. The molecule has 1 aliphatic heterocycles. The van der Waals surface area contributed by atoms with Gasteiger partial charge in [0.05, 0.1) is 28.2 Å². The predicted molar refractivity (Wildman–Crippen MR) is 137 cm³/mol. The number of primary amides is 1. The SMILES string of the molecule is CC(C)(O)c1cc(F)c(-c2cc(C(N)=O)c(Nc3ccc(S(=O)(=O)N4CCCOCC4)cc3)s2)c(F)c1. The van der Waals surface area contributed by atoms with Gasteiger partial charge < -0.3 is 20.9 Å². The Kier molecular flexibility index (Phi) is 7.67. The average molecular weight is 552 g/mol. The minimum atomic E-state index is -3.70. The van der Waals surface area contributed by atoms with Crippen molar-refractivity contribution in [1.29, 1.82) is 0 Å². The van der Waals surface area contributed by atoms with Crippen LogP contribution in [0.4, 0.5) is 19.5 Å². The minimum absolute atomic E-state index is 0.0200. The summed E-state index contributed by atoms with van der Waals surface area (Å²) < 4.78 is 62.4. The molecule has 0 radical (unpaired) electrons. The summed E-state index contributed by atoms with van der Waals surface area (Å²) in [4.78, 5) is 12.3. The summed E-state index contributed by atoms with van der Waals surface area (Å²) in [6.45, 7) is 4.31. The Bertz CT molecular complexity index is 1390. The van der Waals surface area contributed by atoms with Gasteiger partial charge in [0.25, 0.3) is 5.91 Å². The van der Waals surface area contributed by atoms with Gasteiger partial charge in [-0.3, -0.25) is 4.79 Å². The molecule has 4 N–H and O–H groups in total. The van der Waals surface area contributed by atoms with Gasteiger partial charge >= 0.3 is 0 Å². The second kappa shape index (κ2) is 10.5. The summed E-state index contributed by atoms with van der Waals surface area (Å²) in [5.74, 6) is -2.59. The zero-order chi connectivity index (χ0) is 27.0. The van der Waals surface area contributed by atoms with E-state index < -0.39 is 33.2 Å². The Hall–Kier alpha value is -2.90. The van der Waals surface area contributed by atoms with Crippen LogP contribution in [0.5, 0.6) is 0 Å². The van der Waals surface area contributed by atoms with Crippen LogP contribution in [0.25, 0.3) is 10.4 Å². The van der Waals surface area contributed by atoms with Crippen molar-refractivity contribution in [3.8, 4) is 10.4 Å². The van der Waals surface area contributed by atoms with Crippen LogP contribution in [0.3, 0.4) is 0 Å². The van der Waals surface area contributed by atoms with Crippen molar-refractivity contribution in [2.24, 2.45) is 5.73 Å². The number of aliphatic hydroxyl groups is 1. The van der Waals surface area contributed by atoms with Crippen LogP contribution >= 0.6 is 11.3 Å². The molecule has 1 amide bonds. The fourth-order valence-electron chi connectivity index (χ4n) is 3.91. The highest BCUT2D eigenvalue weighted by Crippen LogP contribution is 2.40. The molecule has 1 aliphatic rings. The molecule has 2 aromatic carbocycles. The van der Waals surface area contributed by atoms with E-state index in [4.69, 9.17) is 10.5 Å². The highest BCUT2D eigenvalue weighted by atomic mass is 32.2. The normalized spacial score (nSPS) is 15.4. The molecular weight excluding hydrogens is 524 g/mol. The van der Waals surface area contributed by atoms with E-state index in [0.29, 0.717) is 31.9 Å². The van der Waals surface area contributed by atoms with Crippen LogP contribution < -0.4 is 11.1 Å². The molecule has 1 fully saturated rings. The van der Waals surface area contributed by atoms with E-state index in [-0.39, 0.29) is 38.0 Å². The molecule has 4 rings (SSSR count). The van der Waals surface area contributed by atoms with E-state index in [1.54, 1.807) is 0 Å². The molecule has 2 heterocycles. The lowest BCUT2D eigenvalue weighted by Crippen LogP contribution is -2.33. The molecule has 3 aromatic rings. The Balaban J connectivity index is 1.62. The van der Waals surface area contributed by atoms with Gasteiger partial charge in [-0.05, 0) is 68.3 Å². The third kappa shape index (κ3) is 5.83. The topological polar surface area (TPSA) is 122 Å². The monoisotopic (exact) mass is 551 g/mol. The molecule has 8 nitrogen and oxygen atoms in total. The molecular formula is C25H27F2N3O5S2. The molecule has 0 atom stereocenters. The van der Waals surface area contributed by atoms with Crippen LogP contribution in [0, 0.1) is 11.6 Å². The number of amides is 1. The second-order valence-electron chi connectivity index (χ2n) is 9.11. The molecule has 12 heteroatoms. The number of halogens is 2. The van der Waals surface area contributed by atoms with Gasteiger partial charge in [-0.25, -0.2) is 17.2 Å². The summed E-state index contributed by atoms with van der Waals surface area (Å²) in [7, 11) is -3.70. The number of hydrogen-bond donors (Lipinski definition) is 3. The Morgan fingerprint density at radius 2 is 1.76 bits per heavy atom. The maximum Gasteiger partial charge on any atom is 0.251 e. The van der Waals surface area contributed by atoms with Crippen molar-refractivity contribution >= 4 is 38.0 Å². The van der Waals surface area contributed by atoms with Crippen molar-refractivity contribution in [2.45, 2.75) is 30.8 Å². The first-order valence-corrected chi connectivity index (χ1v) is 13.7. The van der Waals surface area contributed by atoms with Crippen LogP contribution in [-0.2, 0) is 20.4 Å². The van der Waals surface area contributed by atoms with E-state index in [9.17, 15) is 27.1 Å². The number of hydrogen-bond acceptors (Lipinski definition) is 7. The van der Waals surface area contributed by atoms with Gasteiger partial charge in [-0.1, -0.05) is 0 Å². The lowest BCUT2D eigenvalue weighted by atomic mass is 9.96. The predicted octanol–water partition coefficient (Wildman–Crippen LogP) is 4.17. The number of rotatable bonds is 7. The largest absolute Gasteiger partial charge is 0.386 e. The molecule has 0 unspecified atom stereocenters. The first-order chi connectivity index (χ1) is 17.4. The van der Waals surface area contributed by atoms with E-state index >= 15 is 0 Å². The van der Waals surface area contributed by atoms with Crippen molar-refractivity contribution in [2.75, 3.05) is 31.6 Å². The summed E-state index contributed by atoms with van der Waals surface area (Å²) in [6.07, 6.45) is 0.608. The van der Waals surface area contributed by atoms with Gasteiger partial charge in [-0.15, -0.1) is 11.3 Å². The van der Waals surface area contributed by atoms with Gasteiger partial charge in [0, 0.05) is 30.3 Å². The van der Waals surface area contributed by atoms with Gasteiger partial charge in [0.1, 0.15) is 16.6 Å². The van der Waals surface area contributed by atoms with Gasteiger partial charge in [0.15, 0.2) is 0 Å². The molecule has 1 aromatic heterocycles. The second-order valence-corrected chi connectivity index (χ2v) is 12.1. The number of carbonyl (C=O) groups excluding carboxylic acids is 1. The Morgan fingerprint density at radius 3 is 2.35 bits per heavy atom. The highest BCUT2D eigenvalue weighted by molar-refractivity contribution is 7.89. The smallest absolute Gasteiger partial charge is 0.251 e. The van der Waals surface area contributed by atoms with Crippen molar-refractivity contribution in [3.05, 3.63) is 65.2 Å². The van der Waals surface area contributed by atoms with Crippen LogP contribution in [0.2, 0.25) is 0 Å². The summed E-state index contributed by atoms with van der Waals surface area (Å²) in [5, 5.41) is 13.3. The maximum atomic E-state index is 14.9. The molecule has 198 valence electrons. The quantitative estimate of drug-likeness (QED) is 0.405.